The van der Waals surface area contributed by atoms with Crippen LogP contribution in [-0.2, 0) is 4.79 Å². The number of halogens is 1. The zero-order chi connectivity index (χ0) is 18.7. The number of carbonyl (C=O) groups excluding carboxylic acids is 2. The van der Waals surface area contributed by atoms with E-state index < -0.39 is 0 Å². The van der Waals surface area contributed by atoms with E-state index in [1.54, 1.807) is 25.3 Å². The van der Waals surface area contributed by atoms with Crippen molar-refractivity contribution in [1.82, 2.24) is 4.90 Å². The maximum atomic E-state index is 12.6. The number of nitrogens with zero attached hydrogens (tertiary/aromatic N) is 1. The molecule has 0 spiro atoms. The van der Waals surface area contributed by atoms with Crippen molar-refractivity contribution in [2.75, 3.05) is 19.1 Å². The highest BCUT2D eigenvalue weighted by molar-refractivity contribution is 8.18. The van der Waals surface area contributed by atoms with Gasteiger partial charge in [0.05, 0.1) is 18.7 Å². The molecule has 134 valence electrons. The highest BCUT2D eigenvalue weighted by Gasteiger charge is 2.35. The summed E-state index contributed by atoms with van der Waals surface area (Å²) in [4.78, 5) is 26.3. The number of thioether (sulfide) groups is 1. The van der Waals surface area contributed by atoms with Crippen LogP contribution in [-0.4, -0.2) is 29.8 Å². The molecule has 2 amide bonds. The van der Waals surface area contributed by atoms with E-state index in [1.165, 1.54) is 4.90 Å². The Morgan fingerprint density at radius 2 is 2.00 bits per heavy atom. The van der Waals surface area contributed by atoms with Crippen LogP contribution >= 0.6 is 23.4 Å². The molecule has 0 atom stereocenters. The second-order valence-corrected chi connectivity index (χ2v) is 7.05. The number of imide groups is 1. The summed E-state index contributed by atoms with van der Waals surface area (Å²) in [5.74, 6) is 0.309. The van der Waals surface area contributed by atoms with Crippen LogP contribution in [0.5, 0.6) is 5.75 Å². The first-order valence-corrected chi connectivity index (χ1v) is 9.07. The number of hydrogen-bond acceptors (Lipinski definition) is 5. The fraction of sp³-hybridized carbons (Fsp3) is 0.158. The lowest BCUT2D eigenvalue weighted by Crippen LogP contribution is -2.33. The summed E-state index contributed by atoms with van der Waals surface area (Å²) in [5, 5.41) is 3.36. The average molecular weight is 389 g/mol. The molecule has 0 bridgehead atoms. The summed E-state index contributed by atoms with van der Waals surface area (Å²) >= 11 is 7.01. The summed E-state index contributed by atoms with van der Waals surface area (Å²) < 4.78 is 5.28. The molecule has 0 saturated carbocycles. The lowest BCUT2D eigenvalue weighted by Gasteiger charge is -2.15. The summed E-state index contributed by atoms with van der Waals surface area (Å²) in [6, 6.07) is 12.8. The Labute approximate surface area is 161 Å². The molecule has 1 aliphatic rings. The van der Waals surface area contributed by atoms with E-state index in [0.29, 0.717) is 15.7 Å². The number of ether oxygens (including phenoxy) is 1. The number of benzene rings is 2. The van der Waals surface area contributed by atoms with Crippen molar-refractivity contribution in [2.45, 2.75) is 6.92 Å². The zero-order valence-electron chi connectivity index (χ0n) is 14.3. The van der Waals surface area contributed by atoms with Crippen LogP contribution in [0, 0.1) is 6.92 Å². The molecule has 2 aromatic rings. The van der Waals surface area contributed by atoms with Gasteiger partial charge in [0.1, 0.15) is 5.75 Å². The molecule has 3 rings (SSSR count). The molecule has 0 aliphatic carbocycles. The normalized spacial score (nSPS) is 15.7. The van der Waals surface area contributed by atoms with Crippen LogP contribution in [0.25, 0.3) is 6.08 Å². The van der Waals surface area contributed by atoms with Crippen molar-refractivity contribution in [1.29, 1.82) is 0 Å². The number of aryl methyl sites for hydroxylation is 1. The molecule has 5 nitrogen and oxygen atoms in total. The van der Waals surface area contributed by atoms with Gasteiger partial charge in [-0.05, 0) is 48.5 Å². The number of carbonyl (C=O) groups is 2. The Kier molecular flexibility index (Phi) is 5.54. The molecule has 1 saturated heterocycles. The van der Waals surface area contributed by atoms with Crippen molar-refractivity contribution in [2.24, 2.45) is 0 Å². The van der Waals surface area contributed by atoms with Crippen molar-refractivity contribution >= 4 is 46.3 Å². The largest absolute Gasteiger partial charge is 0.496 e. The first kappa shape index (κ1) is 18.4. The molecular formula is C19H17ClN2O3S. The minimum absolute atomic E-state index is 0.0767. The van der Waals surface area contributed by atoms with Gasteiger partial charge in [-0.3, -0.25) is 14.5 Å². The van der Waals surface area contributed by atoms with Gasteiger partial charge in [0.2, 0.25) is 0 Å². The number of rotatable bonds is 5. The van der Waals surface area contributed by atoms with Gasteiger partial charge in [0.15, 0.2) is 0 Å². The number of anilines is 1. The minimum Gasteiger partial charge on any atom is -0.496 e. The highest BCUT2D eigenvalue weighted by Crippen LogP contribution is 2.34. The molecule has 1 aliphatic heterocycles. The number of nitrogens with one attached hydrogen (secondary N) is 1. The second kappa shape index (κ2) is 7.85. The lowest BCUT2D eigenvalue weighted by atomic mass is 10.2. The van der Waals surface area contributed by atoms with Gasteiger partial charge in [-0.15, -0.1) is 0 Å². The van der Waals surface area contributed by atoms with Gasteiger partial charge in [-0.2, -0.15) is 0 Å². The molecule has 0 unspecified atom stereocenters. The standard InChI is InChI=1S/C19H17ClN2O3S/c1-12-7-8-14(10-15(12)20)21-11-22-18(23)17(26-19(22)24)9-13-5-3-4-6-16(13)25-2/h3-10,21H,11H2,1-2H3. The molecule has 1 fully saturated rings. The van der Waals surface area contributed by atoms with Crippen molar-refractivity contribution < 1.29 is 14.3 Å². The third-order valence-corrected chi connectivity index (χ3v) is 5.23. The fourth-order valence-electron chi connectivity index (χ4n) is 2.44. The van der Waals surface area contributed by atoms with E-state index in [2.05, 4.69) is 5.32 Å². The van der Waals surface area contributed by atoms with Gasteiger partial charge in [0, 0.05) is 16.3 Å². The van der Waals surface area contributed by atoms with Crippen LogP contribution in [0.2, 0.25) is 5.02 Å². The van der Waals surface area contributed by atoms with Crippen molar-refractivity contribution in [3.8, 4) is 5.75 Å². The Balaban J connectivity index is 1.74. The first-order chi connectivity index (χ1) is 12.5. The second-order valence-electron chi connectivity index (χ2n) is 5.65. The monoisotopic (exact) mass is 388 g/mol. The lowest BCUT2D eigenvalue weighted by molar-refractivity contribution is -0.122. The average Bonchev–Trinajstić information content (AvgIpc) is 2.90. The third-order valence-electron chi connectivity index (χ3n) is 3.91. The summed E-state index contributed by atoms with van der Waals surface area (Å²) in [6.45, 7) is 1.98. The van der Waals surface area contributed by atoms with Gasteiger partial charge in [-0.1, -0.05) is 35.9 Å². The van der Waals surface area contributed by atoms with Crippen molar-refractivity contribution in [3.05, 3.63) is 63.5 Å². The summed E-state index contributed by atoms with van der Waals surface area (Å²) in [6.07, 6.45) is 1.67. The van der Waals surface area contributed by atoms with E-state index in [-0.39, 0.29) is 17.8 Å². The predicted molar refractivity (Wildman–Crippen MR) is 105 cm³/mol. The first-order valence-electron chi connectivity index (χ1n) is 7.88. The maximum absolute atomic E-state index is 12.6. The molecule has 7 heteroatoms. The third kappa shape index (κ3) is 3.86. The number of amides is 2. The van der Waals surface area contributed by atoms with E-state index in [9.17, 15) is 9.59 Å². The fourth-order valence-corrected chi connectivity index (χ4v) is 3.45. The van der Waals surface area contributed by atoms with E-state index in [4.69, 9.17) is 16.3 Å². The van der Waals surface area contributed by atoms with Crippen molar-refractivity contribution in [3.63, 3.8) is 0 Å². The van der Waals surface area contributed by atoms with E-state index in [1.807, 2.05) is 37.3 Å². The predicted octanol–water partition coefficient (Wildman–Crippen LogP) is 4.76. The Hall–Kier alpha value is -2.44. The topological polar surface area (TPSA) is 58.6 Å². The molecule has 1 N–H and O–H groups in total. The Bertz CT molecular complexity index is 898. The number of para-hydroxylation sites is 1. The van der Waals surface area contributed by atoms with Gasteiger partial charge < -0.3 is 10.1 Å². The summed E-state index contributed by atoms with van der Waals surface area (Å²) in [7, 11) is 1.56. The maximum Gasteiger partial charge on any atom is 0.295 e. The molecule has 1 heterocycles. The molecule has 2 aromatic carbocycles. The zero-order valence-corrected chi connectivity index (χ0v) is 15.9. The number of hydrogen-bond donors (Lipinski definition) is 1. The van der Waals surface area contributed by atoms with E-state index in [0.717, 1.165) is 28.6 Å². The highest BCUT2D eigenvalue weighted by atomic mass is 35.5. The van der Waals surface area contributed by atoms with Gasteiger partial charge in [0.25, 0.3) is 11.1 Å². The van der Waals surface area contributed by atoms with Crippen LogP contribution in [0.3, 0.4) is 0 Å². The summed E-state index contributed by atoms with van der Waals surface area (Å²) in [5.41, 5.74) is 2.45. The molecule has 0 aromatic heterocycles. The van der Waals surface area contributed by atoms with E-state index >= 15 is 0 Å². The van der Waals surface area contributed by atoms with Crippen LogP contribution < -0.4 is 10.1 Å². The van der Waals surface area contributed by atoms with Gasteiger partial charge in [-0.25, -0.2) is 0 Å². The van der Waals surface area contributed by atoms with Gasteiger partial charge >= 0.3 is 0 Å². The molecule has 0 radical (unpaired) electrons. The van der Waals surface area contributed by atoms with Crippen LogP contribution in [0.15, 0.2) is 47.4 Å². The minimum atomic E-state index is -0.336. The molecular weight excluding hydrogens is 372 g/mol. The van der Waals surface area contributed by atoms with Crippen LogP contribution in [0.1, 0.15) is 11.1 Å². The van der Waals surface area contributed by atoms with Crippen LogP contribution in [0.4, 0.5) is 10.5 Å². The quantitative estimate of drug-likeness (QED) is 0.748. The SMILES string of the molecule is COc1ccccc1C=C1SC(=O)N(CNc2ccc(C)c(Cl)c2)C1=O. The molecule has 26 heavy (non-hydrogen) atoms. The number of methoxy groups -OCH3 is 1. The smallest absolute Gasteiger partial charge is 0.295 e. The Morgan fingerprint density at radius 3 is 2.73 bits per heavy atom. The Morgan fingerprint density at radius 1 is 1.23 bits per heavy atom.